The normalized spacial score (nSPS) is 20.1. The van der Waals surface area contributed by atoms with Crippen LogP contribution in [0.25, 0.3) is 21.8 Å². The maximum Gasteiger partial charge on any atom is 0.323 e. The topological polar surface area (TPSA) is 62.5 Å². The highest BCUT2D eigenvalue weighted by Crippen LogP contribution is 2.48. The molecule has 2 aromatic heterocycles. The SMILES string of the molecule is CN1c2ccc(/C=c3/s/c(=C\c4sc5ccccc5[si]4C)n(CC(=O)O)c3=O)cc2C2CCCC21. The van der Waals surface area contributed by atoms with Gasteiger partial charge in [-0.15, -0.1) is 22.7 Å². The molecule has 178 valence electrons. The maximum absolute atomic E-state index is 13.3. The summed E-state index contributed by atoms with van der Waals surface area (Å²) in [5, 5.41) is 9.50. The van der Waals surface area contributed by atoms with Gasteiger partial charge < -0.3 is 10.0 Å². The fourth-order valence-electron chi connectivity index (χ4n) is 5.75. The second kappa shape index (κ2) is 8.69. The summed E-state index contributed by atoms with van der Waals surface area (Å²) in [7, 11) is 1.26. The molecule has 1 N–H and O–H groups in total. The van der Waals surface area contributed by atoms with E-state index in [1.807, 2.05) is 18.2 Å². The number of hydrogen-bond donors (Lipinski definition) is 1. The van der Waals surface area contributed by atoms with Crippen molar-refractivity contribution in [3.63, 3.8) is 0 Å². The van der Waals surface area contributed by atoms with E-state index < -0.39 is 14.4 Å². The van der Waals surface area contributed by atoms with Gasteiger partial charge in [0.2, 0.25) is 0 Å². The van der Waals surface area contributed by atoms with E-state index in [2.05, 4.69) is 54.9 Å². The fraction of sp³-hybridized carbons (Fsp3) is 0.296. The van der Waals surface area contributed by atoms with Crippen molar-refractivity contribution < 1.29 is 9.90 Å². The summed E-state index contributed by atoms with van der Waals surface area (Å²) in [6.07, 6.45) is 7.70. The molecule has 2 atom stereocenters. The molecule has 1 aliphatic heterocycles. The Morgan fingerprint density at radius 2 is 2.00 bits per heavy atom. The first kappa shape index (κ1) is 22.6. The summed E-state index contributed by atoms with van der Waals surface area (Å²) in [5.41, 5.74) is 3.46. The van der Waals surface area contributed by atoms with E-state index in [0.29, 0.717) is 21.2 Å². The van der Waals surface area contributed by atoms with Crippen LogP contribution in [0.2, 0.25) is 0 Å². The number of carbonyl (C=O) groups is 1. The van der Waals surface area contributed by atoms with Crippen LogP contribution in [0.4, 0.5) is 5.69 Å². The molecule has 1 fully saturated rings. The van der Waals surface area contributed by atoms with Gasteiger partial charge in [-0.1, -0.05) is 37.2 Å². The van der Waals surface area contributed by atoms with Crippen molar-refractivity contribution in [2.24, 2.45) is 6.55 Å². The van der Waals surface area contributed by atoms with Gasteiger partial charge in [0.25, 0.3) is 5.56 Å². The Balaban J connectivity index is 1.49. The number of fused-ring (bicyclic) bond motifs is 4. The molecule has 2 aliphatic rings. The molecular formula is C27H26N2O3S2Si. The molecule has 6 rings (SSSR count). The van der Waals surface area contributed by atoms with E-state index >= 15 is 0 Å². The highest BCUT2D eigenvalue weighted by atomic mass is 32.1. The zero-order valence-electron chi connectivity index (χ0n) is 19.7. The smallest absolute Gasteiger partial charge is 0.323 e. The van der Waals surface area contributed by atoms with Crippen molar-refractivity contribution in [3.8, 4) is 0 Å². The highest BCUT2D eigenvalue weighted by molar-refractivity contribution is 7.25. The molecule has 0 spiro atoms. The fourth-order valence-corrected chi connectivity index (χ4v) is 11.0. The van der Waals surface area contributed by atoms with Crippen LogP contribution >= 0.6 is 22.7 Å². The van der Waals surface area contributed by atoms with Crippen molar-refractivity contribution in [1.29, 1.82) is 0 Å². The number of aryl methyl sites for hydroxylation is 1. The predicted molar refractivity (Wildman–Crippen MR) is 147 cm³/mol. The van der Waals surface area contributed by atoms with Gasteiger partial charge in [-0.2, -0.15) is 0 Å². The molecule has 0 saturated heterocycles. The van der Waals surface area contributed by atoms with E-state index in [1.54, 1.807) is 11.3 Å². The lowest BCUT2D eigenvalue weighted by molar-refractivity contribution is -0.137. The van der Waals surface area contributed by atoms with E-state index in [-0.39, 0.29) is 12.1 Å². The second-order valence-corrected chi connectivity index (χ2v) is 14.3. The number of nitrogens with zero attached hydrogens (tertiary/aromatic N) is 2. The van der Waals surface area contributed by atoms with Crippen molar-refractivity contribution in [2.75, 3.05) is 11.9 Å². The highest BCUT2D eigenvalue weighted by Gasteiger charge is 2.39. The van der Waals surface area contributed by atoms with Gasteiger partial charge in [0, 0.05) is 33.9 Å². The first-order chi connectivity index (χ1) is 16.9. The quantitative estimate of drug-likeness (QED) is 0.420. The molecule has 3 heterocycles. The molecule has 4 aromatic rings. The van der Waals surface area contributed by atoms with Gasteiger partial charge in [0.15, 0.2) is 0 Å². The van der Waals surface area contributed by atoms with Crippen LogP contribution in [0.5, 0.6) is 0 Å². The van der Waals surface area contributed by atoms with Crippen molar-refractivity contribution >= 4 is 64.6 Å². The summed E-state index contributed by atoms with van der Waals surface area (Å²) < 4.78 is 5.20. The standard InChI is InChI=1S/C27H26N2O3S2Si/c1-28-19-7-5-6-17(19)18-12-16(10-11-20(18)28)13-22-27(32)29(15-25(30)31)24(33-22)14-26-34-21-8-3-4-9-23(21)35(26)2/h3-4,8-14,17,19H,5-7,15H2,1-2H3,(H,30,31)/b22-13+,24-14-. The second-order valence-electron chi connectivity index (χ2n) is 9.50. The minimum Gasteiger partial charge on any atom is -0.480 e. The predicted octanol–water partition coefficient (Wildman–Crippen LogP) is 3.52. The molecule has 0 bridgehead atoms. The molecule has 35 heavy (non-hydrogen) atoms. The third kappa shape index (κ3) is 3.84. The van der Waals surface area contributed by atoms with Crippen LogP contribution in [-0.2, 0) is 17.9 Å². The number of aliphatic carboxylic acids is 1. The number of thiazole rings is 1. The Hall–Kier alpha value is -2.81. The lowest BCUT2D eigenvalue weighted by Gasteiger charge is -2.21. The third-order valence-electron chi connectivity index (χ3n) is 7.47. The van der Waals surface area contributed by atoms with Crippen LogP contribution in [0, 0.1) is 0 Å². The van der Waals surface area contributed by atoms with E-state index in [1.165, 1.54) is 60.6 Å². The molecule has 0 radical (unpaired) electrons. The largest absolute Gasteiger partial charge is 0.480 e. The van der Waals surface area contributed by atoms with Crippen LogP contribution in [0.3, 0.4) is 0 Å². The van der Waals surface area contributed by atoms with Crippen molar-refractivity contribution in [3.05, 3.63) is 77.6 Å². The Kier molecular flexibility index (Phi) is 5.62. The third-order valence-corrected chi connectivity index (χ3v) is 13.0. The van der Waals surface area contributed by atoms with Crippen LogP contribution in [-0.4, -0.2) is 37.1 Å². The average Bonchev–Trinajstić information content (AvgIpc) is 3.57. The number of rotatable bonds is 4. The minimum absolute atomic E-state index is 0.231. The summed E-state index contributed by atoms with van der Waals surface area (Å²) in [6, 6.07) is 15.5. The summed E-state index contributed by atoms with van der Waals surface area (Å²) >= 11 is 3.14. The lowest BCUT2D eigenvalue weighted by atomic mass is 9.96. The van der Waals surface area contributed by atoms with Crippen molar-refractivity contribution in [1.82, 2.24) is 4.57 Å². The van der Waals surface area contributed by atoms with Gasteiger partial charge in [0.1, 0.15) is 11.2 Å². The number of carboxylic acid groups (broad SMARTS) is 1. The van der Waals surface area contributed by atoms with E-state index in [0.717, 1.165) is 5.56 Å². The Labute approximate surface area is 212 Å². The number of carboxylic acids is 1. The van der Waals surface area contributed by atoms with Crippen LogP contribution in [0.15, 0.2) is 47.3 Å². The Morgan fingerprint density at radius 3 is 2.80 bits per heavy atom. The monoisotopic (exact) mass is 518 g/mol. The zero-order chi connectivity index (χ0) is 24.3. The van der Waals surface area contributed by atoms with Gasteiger partial charge in [-0.05, 0) is 59.3 Å². The first-order valence-electron chi connectivity index (χ1n) is 11.9. The molecule has 5 nitrogen and oxygen atoms in total. The molecular weight excluding hydrogens is 493 g/mol. The molecule has 2 unspecified atom stereocenters. The molecule has 0 amide bonds. The first-order valence-corrected chi connectivity index (χ1v) is 15.5. The summed E-state index contributed by atoms with van der Waals surface area (Å²) in [6.45, 7) is 1.93. The molecule has 2 aromatic carbocycles. The Morgan fingerprint density at radius 1 is 1.17 bits per heavy atom. The maximum atomic E-state index is 13.3. The summed E-state index contributed by atoms with van der Waals surface area (Å²) in [4.78, 5) is 28.7. The van der Waals surface area contributed by atoms with Gasteiger partial charge in [-0.3, -0.25) is 14.2 Å². The van der Waals surface area contributed by atoms with Gasteiger partial charge in [-0.25, -0.2) is 0 Å². The number of aromatic nitrogens is 1. The Bertz CT molecular complexity index is 1670. The summed E-state index contributed by atoms with van der Waals surface area (Å²) in [5.74, 6) is -0.435. The van der Waals surface area contributed by atoms with Gasteiger partial charge in [0.05, 0.1) is 12.9 Å². The van der Waals surface area contributed by atoms with Crippen LogP contribution in [0.1, 0.15) is 40.8 Å². The number of hydrogen-bond acceptors (Lipinski definition) is 5. The van der Waals surface area contributed by atoms with Gasteiger partial charge >= 0.3 is 5.97 Å². The average molecular weight is 519 g/mol. The lowest BCUT2D eigenvalue weighted by Crippen LogP contribution is -2.34. The molecule has 1 saturated carbocycles. The molecule has 8 heteroatoms. The number of likely N-dealkylation sites (N-methyl/N-ethyl adjacent to an activating group) is 1. The number of benzene rings is 2. The van der Waals surface area contributed by atoms with E-state index in [9.17, 15) is 14.7 Å². The minimum atomic E-state index is -1.01. The molecule has 1 aliphatic carbocycles. The zero-order valence-corrected chi connectivity index (χ0v) is 22.3. The van der Waals surface area contributed by atoms with Crippen molar-refractivity contribution in [2.45, 2.75) is 37.8 Å². The number of anilines is 1. The van der Waals surface area contributed by atoms with E-state index in [4.69, 9.17) is 0 Å². The van der Waals surface area contributed by atoms with Crippen LogP contribution < -0.4 is 19.7 Å².